The first-order valence-electron chi connectivity index (χ1n) is 9.13. The Kier molecular flexibility index (Phi) is 4.21. The van der Waals surface area contributed by atoms with Crippen LogP contribution in [0, 0.1) is 5.82 Å². The molecule has 0 aliphatic carbocycles. The van der Waals surface area contributed by atoms with Crippen LogP contribution in [0.5, 0.6) is 0 Å². The number of hydrogen-bond donors (Lipinski definition) is 2. The molecular weight excluding hydrogens is 415 g/mol. The standard InChI is InChI=1S/C18H16ClFN8O2/c19-10-3-1-2-9(13(10)20)11-4-12(30-26-11)17(29)27-5-8(6-27)28-7-23-14-15(21)24-18(22)25-16(14)28/h1-3,7-8,12H,4-6H2,(H4,21,22,24,25). The predicted octanol–water partition coefficient (Wildman–Crippen LogP) is 1.36. The van der Waals surface area contributed by atoms with Crippen LogP contribution in [0.25, 0.3) is 11.2 Å². The molecule has 3 aromatic rings. The second-order valence-corrected chi connectivity index (χ2v) is 7.53. The molecule has 1 aromatic carbocycles. The summed E-state index contributed by atoms with van der Waals surface area (Å²) in [6.07, 6.45) is 0.982. The number of nitrogens with zero attached hydrogens (tertiary/aromatic N) is 6. The smallest absolute Gasteiger partial charge is 0.267 e. The first kappa shape index (κ1) is 18.6. The SMILES string of the molecule is Nc1nc(N)c2ncn(C3CN(C(=O)C4CC(c5cccc(Cl)c5F)=NO4)C3)c2n1. The van der Waals surface area contributed by atoms with Gasteiger partial charge in [0.05, 0.1) is 23.1 Å². The number of fused-ring (bicyclic) bond motifs is 1. The number of nitrogen functional groups attached to an aromatic ring is 2. The van der Waals surface area contributed by atoms with Gasteiger partial charge in [-0.3, -0.25) is 4.79 Å². The van der Waals surface area contributed by atoms with Crippen molar-refractivity contribution in [1.82, 2.24) is 24.4 Å². The molecule has 1 fully saturated rings. The predicted molar refractivity (Wildman–Crippen MR) is 107 cm³/mol. The van der Waals surface area contributed by atoms with Crippen LogP contribution in [0.3, 0.4) is 0 Å². The van der Waals surface area contributed by atoms with Crippen LogP contribution in [0.2, 0.25) is 5.02 Å². The maximum Gasteiger partial charge on any atom is 0.267 e. The maximum atomic E-state index is 14.2. The Labute approximate surface area is 174 Å². The third-order valence-electron chi connectivity index (χ3n) is 5.24. The van der Waals surface area contributed by atoms with E-state index in [1.807, 2.05) is 4.57 Å². The van der Waals surface area contributed by atoms with Gasteiger partial charge in [-0.05, 0) is 12.1 Å². The number of anilines is 2. The second-order valence-electron chi connectivity index (χ2n) is 7.13. The highest BCUT2D eigenvalue weighted by molar-refractivity contribution is 6.31. The molecule has 12 heteroatoms. The van der Waals surface area contributed by atoms with Crippen LogP contribution in [0.1, 0.15) is 18.0 Å². The van der Waals surface area contributed by atoms with Gasteiger partial charge in [0.2, 0.25) is 12.1 Å². The molecule has 1 saturated heterocycles. The Balaban J connectivity index is 1.26. The number of imidazole rings is 1. The van der Waals surface area contributed by atoms with Crippen LogP contribution in [-0.4, -0.2) is 55.2 Å². The van der Waals surface area contributed by atoms with Crippen molar-refractivity contribution in [3.05, 3.63) is 40.9 Å². The lowest BCUT2D eigenvalue weighted by Crippen LogP contribution is -2.53. The maximum absolute atomic E-state index is 14.2. The number of oxime groups is 1. The van der Waals surface area contributed by atoms with E-state index in [-0.39, 0.29) is 40.7 Å². The summed E-state index contributed by atoms with van der Waals surface area (Å²) in [5.74, 6) is -0.524. The number of benzene rings is 1. The zero-order valence-electron chi connectivity index (χ0n) is 15.5. The van der Waals surface area contributed by atoms with Gasteiger partial charge in [-0.1, -0.05) is 22.8 Å². The van der Waals surface area contributed by atoms with Crippen molar-refractivity contribution in [3.8, 4) is 0 Å². The molecule has 5 rings (SSSR count). The average Bonchev–Trinajstić information content (AvgIpc) is 3.31. The number of rotatable bonds is 3. The van der Waals surface area contributed by atoms with Gasteiger partial charge >= 0.3 is 0 Å². The highest BCUT2D eigenvalue weighted by Crippen LogP contribution is 2.29. The molecule has 2 aromatic heterocycles. The quantitative estimate of drug-likeness (QED) is 0.639. The van der Waals surface area contributed by atoms with Gasteiger partial charge in [-0.2, -0.15) is 9.97 Å². The number of nitrogens with two attached hydrogens (primary N) is 2. The Morgan fingerprint density at radius 2 is 2.07 bits per heavy atom. The number of carbonyl (C=O) groups is 1. The molecule has 154 valence electrons. The van der Waals surface area contributed by atoms with Crippen LogP contribution in [0.15, 0.2) is 29.7 Å². The topological polar surface area (TPSA) is 138 Å². The summed E-state index contributed by atoms with van der Waals surface area (Å²) in [5.41, 5.74) is 13.1. The number of hydrogen-bond acceptors (Lipinski definition) is 8. The van der Waals surface area contributed by atoms with Gasteiger partial charge < -0.3 is 25.8 Å². The summed E-state index contributed by atoms with van der Waals surface area (Å²) in [4.78, 5) is 32.0. The third kappa shape index (κ3) is 2.89. The average molecular weight is 431 g/mol. The number of aromatic nitrogens is 4. The van der Waals surface area contributed by atoms with Gasteiger partial charge in [0, 0.05) is 25.1 Å². The second kappa shape index (κ2) is 6.80. The zero-order chi connectivity index (χ0) is 21.0. The Morgan fingerprint density at radius 3 is 2.87 bits per heavy atom. The molecular formula is C18H16ClFN8O2. The molecule has 30 heavy (non-hydrogen) atoms. The number of halogens is 2. The van der Waals surface area contributed by atoms with Crippen molar-refractivity contribution in [2.75, 3.05) is 24.6 Å². The monoisotopic (exact) mass is 430 g/mol. The summed E-state index contributed by atoms with van der Waals surface area (Å²) in [6, 6.07) is 4.60. The van der Waals surface area contributed by atoms with Gasteiger partial charge in [0.1, 0.15) is 5.52 Å². The van der Waals surface area contributed by atoms with Gasteiger partial charge in [-0.15, -0.1) is 0 Å². The highest BCUT2D eigenvalue weighted by atomic mass is 35.5. The van der Waals surface area contributed by atoms with Crippen molar-refractivity contribution >= 4 is 46.1 Å². The van der Waals surface area contributed by atoms with Crippen molar-refractivity contribution < 1.29 is 14.0 Å². The molecule has 0 spiro atoms. The summed E-state index contributed by atoms with van der Waals surface area (Å²) in [7, 11) is 0. The van der Waals surface area contributed by atoms with E-state index in [4.69, 9.17) is 27.9 Å². The van der Waals surface area contributed by atoms with Gasteiger partial charge in [0.15, 0.2) is 17.3 Å². The molecule has 2 aliphatic heterocycles. The van der Waals surface area contributed by atoms with Crippen LogP contribution < -0.4 is 11.5 Å². The molecule has 4 heterocycles. The van der Waals surface area contributed by atoms with Crippen LogP contribution >= 0.6 is 11.6 Å². The van der Waals surface area contributed by atoms with Crippen LogP contribution in [0.4, 0.5) is 16.2 Å². The minimum Gasteiger partial charge on any atom is -0.382 e. The van der Waals surface area contributed by atoms with Crippen LogP contribution in [-0.2, 0) is 9.63 Å². The van der Waals surface area contributed by atoms with E-state index in [1.165, 1.54) is 6.07 Å². The van der Waals surface area contributed by atoms with E-state index < -0.39 is 11.9 Å². The molecule has 1 unspecified atom stereocenters. The summed E-state index contributed by atoms with van der Waals surface area (Å²) in [5, 5.41) is 3.88. The summed E-state index contributed by atoms with van der Waals surface area (Å²) in [6.45, 7) is 0.879. The van der Waals surface area contributed by atoms with Crippen molar-refractivity contribution in [3.63, 3.8) is 0 Å². The Bertz CT molecular complexity index is 1210. The minimum atomic E-state index is -0.799. The first-order valence-corrected chi connectivity index (χ1v) is 9.51. The van der Waals surface area contributed by atoms with E-state index in [2.05, 4.69) is 20.1 Å². The molecule has 4 N–H and O–H groups in total. The Hall–Kier alpha value is -3.47. The first-order chi connectivity index (χ1) is 14.4. The fraction of sp³-hybridized carbons (Fsp3) is 0.278. The minimum absolute atomic E-state index is 0.00629. The molecule has 0 bridgehead atoms. The molecule has 10 nitrogen and oxygen atoms in total. The summed E-state index contributed by atoms with van der Waals surface area (Å²) >= 11 is 5.82. The van der Waals surface area contributed by atoms with E-state index in [1.54, 1.807) is 23.4 Å². The van der Waals surface area contributed by atoms with E-state index in [0.717, 1.165) is 0 Å². The van der Waals surface area contributed by atoms with E-state index in [9.17, 15) is 9.18 Å². The lowest BCUT2D eigenvalue weighted by Gasteiger charge is -2.40. The van der Waals surface area contributed by atoms with E-state index >= 15 is 0 Å². The van der Waals surface area contributed by atoms with Crippen molar-refractivity contribution in [2.24, 2.45) is 5.16 Å². The Morgan fingerprint density at radius 1 is 1.27 bits per heavy atom. The third-order valence-corrected chi connectivity index (χ3v) is 5.53. The van der Waals surface area contributed by atoms with E-state index in [0.29, 0.717) is 30.0 Å². The van der Waals surface area contributed by atoms with Crippen molar-refractivity contribution in [1.29, 1.82) is 0 Å². The molecule has 0 saturated carbocycles. The fourth-order valence-electron chi connectivity index (χ4n) is 3.63. The molecule has 0 radical (unpaired) electrons. The molecule has 1 amide bonds. The van der Waals surface area contributed by atoms with Gasteiger partial charge in [-0.25, -0.2) is 9.37 Å². The number of amides is 1. The largest absolute Gasteiger partial charge is 0.382 e. The zero-order valence-corrected chi connectivity index (χ0v) is 16.3. The lowest BCUT2D eigenvalue weighted by molar-refractivity contribution is -0.148. The fourth-order valence-corrected chi connectivity index (χ4v) is 3.81. The van der Waals surface area contributed by atoms with Gasteiger partial charge in [0.25, 0.3) is 5.91 Å². The molecule has 2 aliphatic rings. The normalized spacial score (nSPS) is 18.9. The number of carbonyl (C=O) groups excluding carboxylic acids is 1. The molecule has 1 atom stereocenters. The highest BCUT2D eigenvalue weighted by Gasteiger charge is 2.40. The van der Waals surface area contributed by atoms with Crippen molar-refractivity contribution in [2.45, 2.75) is 18.6 Å². The summed E-state index contributed by atoms with van der Waals surface area (Å²) < 4.78 is 16.0. The number of likely N-dealkylation sites (tertiary alicyclic amines) is 1. The lowest BCUT2D eigenvalue weighted by atomic mass is 10.0.